The second-order valence-electron chi connectivity index (χ2n) is 22.4. The Labute approximate surface area is 400 Å². The van der Waals surface area contributed by atoms with Crippen molar-refractivity contribution in [3.63, 3.8) is 0 Å². The van der Waals surface area contributed by atoms with E-state index < -0.39 is 17.7 Å². The normalized spacial score (nSPS) is 24.6. The van der Waals surface area contributed by atoms with Crippen LogP contribution in [-0.4, -0.2) is 105 Å². The Morgan fingerprint density at radius 1 is 0.761 bits per heavy atom. The second kappa shape index (κ2) is 22.2. The van der Waals surface area contributed by atoms with Crippen LogP contribution in [0.15, 0.2) is 24.5 Å². The summed E-state index contributed by atoms with van der Waals surface area (Å²) in [5.41, 5.74) is 8.06. The second-order valence-corrected chi connectivity index (χ2v) is 22.4. The summed E-state index contributed by atoms with van der Waals surface area (Å²) >= 11 is 0. The molecule has 4 unspecified atom stereocenters. The number of likely N-dealkylation sites (N-methyl/N-ethyl adjacent to an activating group) is 1. The van der Waals surface area contributed by atoms with Crippen LogP contribution in [0.4, 0.5) is 4.79 Å². The standard InChI is InChI=1S/C38H53N7O.C10H19NO3.C5H10O2/c1-22(2)35(39-3)38(46)45-18-6-8-32(45)37-40-20-29(42-37)24-11-9-23(10-12-24)27-15-16-28(34-26-14-13-25(19-26)33(27)34)30-21-41-36(43-30)31-7-5-17-44(31)4;1-7(2)8(6-12)11-9(13)14-10(3,4)5;1-5(2,3)7-4-6/h15-16,20-26,31-32,35,39H,5-14,17-19H2,1-4H3,(H,40,42)(H,41,43);6-8H,1-5H3,(H,11,13);4H,1-3H3/t23?,24?,25?,26?,31?,32-,35-;;/m0../s1. The van der Waals surface area contributed by atoms with Gasteiger partial charge >= 0.3 is 6.09 Å². The number of aromatic nitrogens is 4. The Bertz CT molecular complexity index is 2120. The number of hydrogen-bond acceptors (Lipinski definition) is 10. The van der Waals surface area contributed by atoms with Gasteiger partial charge in [-0.15, -0.1) is 0 Å². The first kappa shape index (κ1) is 51.8. The number of amides is 2. The maximum absolute atomic E-state index is 13.4. The number of aromatic amines is 2. The van der Waals surface area contributed by atoms with E-state index in [1.165, 1.54) is 74.7 Å². The molecule has 14 heteroatoms. The first-order valence-electron chi connectivity index (χ1n) is 25.2. The Balaban J connectivity index is 0.000000295. The number of fused-ring (bicyclic) bond motifs is 5. The van der Waals surface area contributed by atoms with Gasteiger partial charge in [0.2, 0.25) is 5.91 Å². The topological polar surface area (TPSA) is 175 Å². The fourth-order valence-corrected chi connectivity index (χ4v) is 11.2. The number of rotatable bonds is 12. The quantitative estimate of drug-likeness (QED) is 0.128. The van der Waals surface area contributed by atoms with E-state index in [0.717, 1.165) is 43.5 Å². The molecule has 4 heterocycles. The van der Waals surface area contributed by atoms with E-state index in [1.807, 2.05) is 41.7 Å². The lowest BCUT2D eigenvalue weighted by molar-refractivity contribution is -0.138. The van der Waals surface area contributed by atoms with Gasteiger partial charge in [0, 0.05) is 29.9 Å². The average molecular weight is 927 g/mol. The van der Waals surface area contributed by atoms with Gasteiger partial charge in [0.1, 0.15) is 29.1 Å². The Morgan fingerprint density at radius 3 is 1.94 bits per heavy atom. The van der Waals surface area contributed by atoms with Gasteiger partial charge in [-0.1, -0.05) is 39.8 Å². The third kappa shape index (κ3) is 12.8. The van der Waals surface area contributed by atoms with Gasteiger partial charge in [0.15, 0.2) is 0 Å². The van der Waals surface area contributed by atoms with Crippen molar-refractivity contribution in [1.29, 1.82) is 0 Å². The highest BCUT2D eigenvalue weighted by atomic mass is 16.6. The van der Waals surface area contributed by atoms with Crippen molar-refractivity contribution < 1.29 is 28.7 Å². The number of carbonyl (C=O) groups is 4. The molecule has 4 N–H and O–H groups in total. The number of carbonyl (C=O) groups excluding carboxylic acids is 4. The Morgan fingerprint density at radius 2 is 1.37 bits per heavy atom. The molecule has 67 heavy (non-hydrogen) atoms. The number of ether oxygens (including phenoxy) is 2. The smallest absolute Gasteiger partial charge is 0.408 e. The zero-order valence-electron chi connectivity index (χ0n) is 42.7. The minimum absolute atomic E-state index is 0.0636. The summed E-state index contributed by atoms with van der Waals surface area (Å²) in [4.78, 5) is 66.6. The van der Waals surface area contributed by atoms with E-state index in [1.54, 1.807) is 37.5 Å². The number of hydrogen-bond donors (Lipinski definition) is 4. The number of benzene rings is 1. The molecule has 0 radical (unpaired) electrons. The number of nitrogens with one attached hydrogen (secondary N) is 4. The molecular weight excluding hydrogens is 845 g/mol. The third-order valence-corrected chi connectivity index (χ3v) is 14.6. The molecule has 2 amide bonds. The lowest BCUT2D eigenvalue weighted by Crippen LogP contribution is -2.47. The highest BCUT2D eigenvalue weighted by Crippen LogP contribution is 2.58. The molecule has 14 nitrogen and oxygen atoms in total. The molecule has 0 spiro atoms. The largest absolute Gasteiger partial charge is 0.462 e. The van der Waals surface area contributed by atoms with Gasteiger partial charge in [-0.05, 0) is 179 Å². The van der Waals surface area contributed by atoms with Crippen molar-refractivity contribution in [3.8, 4) is 11.3 Å². The zero-order valence-corrected chi connectivity index (χ0v) is 42.7. The molecule has 3 aliphatic carbocycles. The molecule has 1 aromatic carbocycles. The molecule has 2 bridgehead atoms. The Hall–Kier alpha value is -4.56. The number of nitrogens with zero attached hydrogens (tertiary/aromatic N) is 4. The van der Waals surface area contributed by atoms with Crippen molar-refractivity contribution >= 4 is 24.8 Å². The van der Waals surface area contributed by atoms with E-state index in [4.69, 9.17) is 14.7 Å². The maximum Gasteiger partial charge on any atom is 0.408 e. The Kier molecular flexibility index (Phi) is 17.2. The van der Waals surface area contributed by atoms with Crippen LogP contribution in [0.25, 0.3) is 11.3 Å². The zero-order chi connectivity index (χ0) is 48.8. The van der Waals surface area contributed by atoms with Gasteiger partial charge in [0.05, 0.1) is 36.1 Å². The van der Waals surface area contributed by atoms with Gasteiger partial charge in [-0.3, -0.25) is 14.5 Å². The summed E-state index contributed by atoms with van der Waals surface area (Å²) < 4.78 is 9.56. The molecule has 2 saturated carbocycles. The van der Waals surface area contributed by atoms with Crippen LogP contribution in [0.5, 0.6) is 0 Å². The van der Waals surface area contributed by atoms with Crippen LogP contribution in [0.3, 0.4) is 0 Å². The summed E-state index contributed by atoms with van der Waals surface area (Å²) in [6.45, 7) is 21.2. The monoisotopic (exact) mass is 927 g/mol. The number of H-pyrrole nitrogens is 2. The van der Waals surface area contributed by atoms with Crippen molar-refractivity contribution in [2.24, 2.45) is 11.8 Å². The number of alkyl carbamates (subject to hydrolysis) is 1. The molecule has 5 aliphatic rings. The molecular formula is C53H82N8O6. The van der Waals surface area contributed by atoms with E-state index in [2.05, 4.69) is 80.6 Å². The highest BCUT2D eigenvalue weighted by Gasteiger charge is 2.42. The summed E-state index contributed by atoms with van der Waals surface area (Å²) in [6.07, 6.45) is 17.7. The molecule has 2 aliphatic heterocycles. The van der Waals surface area contributed by atoms with Gasteiger partial charge < -0.3 is 39.8 Å². The number of imidazole rings is 2. The van der Waals surface area contributed by atoms with Crippen molar-refractivity contribution in [3.05, 3.63) is 58.6 Å². The van der Waals surface area contributed by atoms with Crippen molar-refractivity contribution in [2.45, 2.75) is 199 Å². The lowest BCUT2D eigenvalue weighted by atomic mass is 9.73. The van der Waals surface area contributed by atoms with Crippen LogP contribution in [-0.2, 0) is 23.9 Å². The average Bonchev–Trinajstić information content (AvgIpc) is 4.13. The third-order valence-electron chi connectivity index (χ3n) is 14.6. The van der Waals surface area contributed by atoms with Gasteiger partial charge in [-0.2, -0.15) is 0 Å². The van der Waals surface area contributed by atoms with Gasteiger partial charge in [-0.25, -0.2) is 14.8 Å². The van der Waals surface area contributed by atoms with E-state index in [0.29, 0.717) is 36.6 Å². The molecule has 2 aromatic heterocycles. The summed E-state index contributed by atoms with van der Waals surface area (Å²) in [7, 11) is 4.12. The molecule has 3 aromatic rings. The van der Waals surface area contributed by atoms with Crippen LogP contribution < -0.4 is 10.6 Å². The van der Waals surface area contributed by atoms with Crippen molar-refractivity contribution in [1.82, 2.24) is 40.4 Å². The van der Waals surface area contributed by atoms with E-state index >= 15 is 0 Å². The molecule has 370 valence electrons. The fraction of sp³-hybridized carbons (Fsp3) is 0.698. The molecule has 2 saturated heterocycles. The first-order valence-corrected chi connectivity index (χ1v) is 25.2. The first-order chi connectivity index (χ1) is 31.7. The lowest BCUT2D eigenvalue weighted by Gasteiger charge is -2.32. The number of likely N-dealkylation sites (tertiary alicyclic amines) is 2. The number of aldehydes is 1. The van der Waals surface area contributed by atoms with Gasteiger partial charge in [0.25, 0.3) is 6.47 Å². The van der Waals surface area contributed by atoms with E-state index in [9.17, 15) is 19.2 Å². The van der Waals surface area contributed by atoms with Crippen molar-refractivity contribution in [2.75, 3.05) is 27.2 Å². The predicted molar refractivity (Wildman–Crippen MR) is 263 cm³/mol. The van der Waals surface area contributed by atoms with Crippen LogP contribution >= 0.6 is 0 Å². The van der Waals surface area contributed by atoms with Crippen LogP contribution in [0.2, 0.25) is 0 Å². The summed E-state index contributed by atoms with van der Waals surface area (Å²) in [5.74, 6) is 5.26. The minimum atomic E-state index is -0.553. The SMILES string of the molecule is CC(C)(C)OC=O.CC(C)C(C=O)NC(=O)OC(C)(C)C.CN[C@H](C(=O)N1CCC[C@H]1c1ncc(C2CCC(c3ccc(-c4cnc(C5CCCN5C)[nH]4)c4c3C3CCC4C3)CC2)[nH]1)C(C)C. The maximum atomic E-state index is 13.4. The fourth-order valence-electron chi connectivity index (χ4n) is 11.2. The predicted octanol–water partition coefficient (Wildman–Crippen LogP) is 9.97. The molecule has 8 rings (SSSR count). The summed E-state index contributed by atoms with van der Waals surface area (Å²) in [5, 5.41) is 5.74. The highest BCUT2D eigenvalue weighted by molar-refractivity contribution is 5.82. The van der Waals surface area contributed by atoms with E-state index in [-0.39, 0.29) is 35.4 Å². The van der Waals surface area contributed by atoms with Crippen LogP contribution in [0.1, 0.15) is 210 Å². The molecule has 6 atom stereocenters. The molecule has 4 fully saturated rings. The minimum Gasteiger partial charge on any atom is -0.462 e. The van der Waals surface area contributed by atoms with Crippen LogP contribution in [0, 0.1) is 11.8 Å². The summed E-state index contributed by atoms with van der Waals surface area (Å²) in [6, 6.07) is 4.79.